The van der Waals surface area contributed by atoms with E-state index in [2.05, 4.69) is 5.16 Å². The number of aliphatic carboxylic acids is 1. The standard InChI is InChI=1S/C29H33NO7/c1-5-13-35-30-28(19-34-26-14-21(16-29(31)32)15-27(18-26)36-20(2)3)22-7-6-8-25(17-22)37-24-11-9-23(33-4)10-12-24/h6-12,14-15,17-18,20H,5,13,16,19H2,1-4H3,(H,31,32)/b30-28+. The molecule has 0 heterocycles. The number of carbonyl (C=O) groups is 1. The molecule has 8 nitrogen and oxygen atoms in total. The number of hydrogen-bond donors (Lipinski definition) is 1. The van der Waals surface area contributed by atoms with Gasteiger partial charge in [0.1, 0.15) is 47.7 Å². The summed E-state index contributed by atoms with van der Waals surface area (Å²) in [5, 5.41) is 13.5. The molecule has 37 heavy (non-hydrogen) atoms. The van der Waals surface area contributed by atoms with Crippen molar-refractivity contribution < 1.29 is 33.7 Å². The van der Waals surface area contributed by atoms with Gasteiger partial charge in [0.15, 0.2) is 0 Å². The maximum Gasteiger partial charge on any atom is 0.307 e. The molecule has 1 N–H and O–H groups in total. The molecule has 196 valence electrons. The molecule has 3 rings (SSSR count). The van der Waals surface area contributed by atoms with Crippen LogP contribution in [0.15, 0.2) is 71.9 Å². The number of oxime groups is 1. The molecule has 0 aliphatic heterocycles. The van der Waals surface area contributed by atoms with Crippen molar-refractivity contribution in [2.75, 3.05) is 20.3 Å². The molecule has 0 radical (unpaired) electrons. The highest BCUT2D eigenvalue weighted by molar-refractivity contribution is 6.01. The Kier molecular flexibility index (Phi) is 10.2. The second-order valence-corrected chi connectivity index (χ2v) is 8.52. The second kappa shape index (κ2) is 13.8. The van der Waals surface area contributed by atoms with Gasteiger partial charge >= 0.3 is 5.97 Å². The predicted octanol–water partition coefficient (Wildman–Crippen LogP) is 6.11. The first kappa shape index (κ1) is 27.4. The molecule has 8 heteroatoms. The van der Waals surface area contributed by atoms with Gasteiger partial charge in [-0.1, -0.05) is 24.2 Å². The third-order valence-electron chi connectivity index (χ3n) is 4.98. The normalized spacial score (nSPS) is 11.2. The number of ether oxygens (including phenoxy) is 4. The molecule has 0 fully saturated rings. The first-order valence-electron chi connectivity index (χ1n) is 12.1. The highest BCUT2D eigenvalue weighted by Gasteiger charge is 2.12. The Hall–Kier alpha value is -4.20. The summed E-state index contributed by atoms with van der Waals surface area (Å²) in [4.78, 5) is 16.7. The van der Waals surface area contributed by atoms with Crippen LogP contribution >= 0.6 is 0 Å². The Morgan fingerprint density at radius 2 is 1.65 bits per heavy atom. The van der Waals surface area contributed by atoms with E-state index in [1.165, 1.54) is 0 Å². The van der Waals surface area contributed by atoms with Crippen LogP contribution in [0.25, 0.3) is 0 Å². The van der Waals surface area contributed by atoms with Crippen molar-refractivity contribution in [2.24, 2.45) is 5.16 Å². The molecule has 0 unspecified atom stereocenters. The van der Waals surface area contributed by atoms with E-state index in [0.717, 1.165) is 17.7 Å². The van der Waals surface area contributed by atoms with Crippen molar-refractivity contribution in [3.8, 4) is 28.7 Å². The Bertz CT molecular complexity index is 1190. The highest BCUT2D eigenvalue weighted by Crippen LogP contribution is 2.27. The van der Waals surface area contributed by atoms with Crippen molar-refractivity contribution in [3.63, 3.8) is 0 Å². The molecule has 0 spiro atoms. The van der Waals surface area contributed by atoms with Crippen LogP contribution in [0.4, 0.5) is 0 Å². The van der Waals surface area contributed by atoms with Crippen molar-refractivity contribution in [2.45, 2.75) is 39.7 Å². The van der Waals surface area contributed by atoms with Crippen LogP contribution in [-0.4, -0.2) is 43.2 Å². The molecule has 0 amide bonds. The Morgan fingerprint density at radius 1 is 0.919 bits per heavy atom. The molecular weight excluding hydrogens is 474 g/mol. The van der Waals surface area contributed by atoms with E-state index in [1.54, 1.807) is 25.3 Å². The van der Waals surface area contributed by atoms with Crippen LogP contribution in [-0.2, 0) is 16.1 Å². The second-order valence-electron chi connectivity index (χ2n) is 8.52. The summed E-state index contributed by atoms with van der Waals surface area (Å²) in [7, 11) is 1.61. The van der Waals surface area contributed by atoms with Crippen molar-refractivity contribution in [3.05, 3.63) is 77.9 Å². The first-order chi connectivity index (χ1) is 17.9. The molecule has 0 aliphatic rings. The van der Waals surface area contributed by atoms with Crippen LogP contribution in [0.3, 0.4) is 0 Å². The summed E-state index contributed by atoms with van der Waals surface area (Å²) in [5.41, 5.74) is 1.90. The molecule has 0 bridgehead atoms. The number of nitrogens with zero attached hydrogens (tertiary/aromatic N) is 1. The molecule has 0 atom stereocenters. The van der Waals surface area contributed by atoms with Crippen LogP contribution in [0.1, 0.15) is 38.3 Å². The van der Waals surface area contributed by atoms with Crippen molar-refractivity contribution in [1.29, 1.82) is 0 Å². The lowest BCUT2D eigenvalue weighted by molar-refractivity contribution is -0.136. The summed E-state index contributed by atoms with van der Waals surface area (Å²) in [6.45, 7) is 6.36. The highest BCUT2D eigenvalue weighted by atomic mass is 16.6. The lowest BCUT2D eigenvalue weighted by Crippen LogP contribution is -2.15. The van der Waals surface area contributed by atoms with E-state index in [-0.39, 0.29) is 19.1 Å². The summed E-state index contributed by atoms with van der Waals surface area (Å²) >= 11 is 0. The number of benzene rings is 3. The van der Waals surface area contributed by atoms with Gasteiger partial charge in [0, 0.05) is 11.6 Å². The van der Waals surface area contributed by atoms with Gasteiger partial charge in [-0.15, -0.1) is 0 Å². The SMILES string of the molecule is CCCO/N=C(\COc1cc(CC(=O)O)cc(OC(C)C)c1)c1cccc(Oc2ccc(OC)cc2)c1. The monoisotopic (exact) mass is 507 g/mol. The van der Waals surface area contributed by atoms with Gasteiger partial charge in [-0.25, -0.2) is 0 Å². The minimum Gasteiger partial charge on any atom is -0.497 e. The Morgan fingerprint density at radius 3 is 2.32 bits per heavy atom. The largest absolute Gasteiger partial charge is 0.497 e. The molecule has 3 aromatic carbocycles. The van der Waals surface area contributed by atoms with Gasteiger partial charge in [-0.05, 0) is 74.4 Å². The van der Waals surface area contributed by atoms with Crippen LogP contribution in [0.5, 0.6) is 28.7 Å². The molecule has 0 aliphatic carbocycles. The zero-order valence-electron chi connectivity index (χ0n) is 21.6. The summed E-state index contributed by atoms with van der Waals surface area (Å²) < 4.78 is 23.0. The topological polar surface area (TPSA) is 95.8 Å². The fraction of sp³-hybridized carbons (Fsp3) is 0.310. The number of hydrogen-bond acceptors (Lipinski definition) is 7. The molecule has 0 aromatic heterocycles. The van der Waals surface area contributed by atoms with E-state index in [0.29, 0.717) is 40.9 Å². The summed E-state index contributed by atoms with van der Waals surface area (Å²) in [6.07, 6.45) is 0.600. The van der Waals surface area contributed by atoms with E-state index < -0.39 is 5.97 Å². The average molecular weight is 508 g/mol. The van der Waals surface area contributed by atoms with Gasteiger partial charge < -0.3 is 28.9 Å². The Labute approximate surface area is 217 Å². The number of carboxylic acids is 1. The van der Waals surface area contributed by atoms with Gasteiger partial charge in [-0.3, -0.25) is 4.79 Å². The molecule has 3 aromatic rings. The number of carboxylic acid groups (broad SMARTS) is 1. The van der Waals surface area contributed by atoms with Gasteiger partial charge in [-0.2, -0.15) is 0 Å². The fourth-order valence-electron chi connectivity index (χ4n) is 3.38. The van der Waals surface area contributed by atoms with Gasteiger partial charge in [0.05, 0.1) is 19.6 Å². The van der Waals surface area contributed by atoms with Crippen molar-refractivity contribution >= 4 is 11.7 Å². The van der Waals surface area contributed by atoms with E-state index in [9.17, 15) is 9.90 Å². The average Bonchev–Trinajstić information content (AvgIpc) is 2.86. The zero-order valence-corrected chi connectivity index (χ0v) is 21.6. The minimum absolute atomic E-state index is 0.0686. The van der Waals surface area contributed by atoms with E-state index in [1.807, 2.05) is 69.3 Å². The molecule has 0 saturated heterocycles. The number of methoxy groups -OCH3 is 1. The van der Waals surface area contributed by atoms with Gasteiger partial charge in [0.25, 0.3) is 0 Å². The molecular formula is C29H33NO7. The fourth-order valence-corrected chi connectivity index (χ4v) is 3.38. The summed E-state index contributed by atoms with van der Waals surface area (Å²) in [5.74, 6) is 2.12. The first-order valence-corrected chi connectivity index (χ1v) is 12.1. The number of rotatable bonds is 14. The van der Waals surface area contributed by atoms with Crippen LogP contribution in [0.2, 0.25) is 0 Å². The Balaban J connectivity index is 1.81. The maximum absolute atomic E-state index is 11.3. The third-order valence-corrected chi connectivity index (χ3v) is 4.98. The van der Waals surface area contributed by atoms with E-state index in [4.69, 9.17) is 23.8 Å². The van der Waals surface area contributed by atoms with E-state index >= 15 is 0 Å². The van der Waals surface area contributed by atoms with Gasteiger partial charge in [0.2, 0.25) is 0 Å². The molecule has 0 saturated carbocycles. The van der Waals surface area contributed by atoms with Crippen LogP contribution in [0, 0.1) is 0 Å². The maximum atomic E-state index is 11.3. The quantitative estimate of drug-likeness (QED) is 0.160. The third kappa shape index (κ3) is 9.07. The van der Waals surface area contributed by atoms with Crippen LogP contribution < -0.4 is 18.9 Å². The lowest BCUT2D eigenvalue weighted by Gasteiger charge is -2.15. The zero-order chi connectivity index (χ0) is 26.6. The smallest absolute Gasteiger partial charge is 0.307 e. The van der Waals surface area contributed by atoms with Crippen molar-refractivity contribution in [1.82, 2.24) is 0 Å². The lowest BCUT2D eigenvalue weighted by atomic mass is 10.1. The summed E-state index contributed by atoms with van der Waals surface area (Å²) in [6, 6.07) is 19.9. The minimum atomic E-state index is -0.934. The predicted molar refractivity (Wildman–Crippen MR) is 141 cm³/mol.